The monoisotopic (exact) mass is 442 g/mol. The number of pyridine rings is 1. The van der Waals surface area contributed by atoms with Crippen molar-refractivity contribution >= 4 is 34.4 Å². The van der Waals surface area contributed by atoms with Crippen molar-refractivity contribution in [2.75, 3.05) is 11.9 Å². The average Bonchev–Trinajstić information content (AvgIpc) is 3.18. The molecule has 0 radical (unpaired) electrons. The van der Waals surface area contributed by atoms with Crippen molar-refractivity contribution in [1.29, 1.82) is 0 Å². The Morgan fingerprint density at radius 3 is 2.39 bits per heavy atom. The fraction of sp³-hybridized carbons (Fsp3) is 0.0833. The smallest absolute Gasteiger partial charge is 0.271 e. The minimum absolute atomic E-state index is 0.0153. The topological polar surface area (TPSA) is 128 Å². The van der Waals surface area contributed by atoms with Crippen molar-refractivity contribution in [1.82, 2.24) is 14.8 Å². The number of Topliss-reactive ketones (excluding diaryl/α,β-unsaturated/α-hetero) is 1. The molecule has 0 saturated heterocycles. The number of aromatic nitrogens is 3. The second-order valence-corrected chi connectivity index (χ2v) is 7.74. The van der Waals surface area contributed by atoms with Gasteiger partial charge in [0.25, 0.3) is 17.0 Å². The number of nitrogens with zero attached hydrogens (tertiary/aromatic N) is 2. The molecule has 3 N–H and O–H groups in total. The van der Waals surface area contributed by atoms with E-state index in [9.17, 15) is 24.3 Å². The van der Waals surface area contributed by atoms with Gasteiger partial charge in [0.1, 0.15) is 11.3 Å². The summed E-state index contributed by atoms with van der Waals surface area (Å²) >= 11 is 0. The second kappa shape index (κ2) is 7.20. The van der Waals surface area contributed by atoms with E-state index in [2.05, 4.69) is 10.2 Å². The van der Waals surface area contributed by atoms with Crippen LogP contribution in [0.15, 0.2) is 63.7 Å². The average molecular weight is 442 g/mol. The largest absolute Gasteiger partial charge is 0.506 e. The van der Waals surface area contributed by atoms with Crippen LogP contribution in [0.3, 0.4) is 0 Å². The Kier molecular flexibility index (Phi) is 4.42. The lowest BCUT2D eigenvalue weighted by atomic mass is 9.93. The zero-order chi connectivity index (χ0) is 23.4. The summed E-state index contributed by atoms with van der Waals surface area (Å²) < 4.78 is 1.35. The minimum Gasteiger partial charge on any atom is -0.506 e. The van der Waals surface area contributed by atoms with Crippen LogP contribution in [0.25, 0.3) is 28.2 Å². The third-order valence-electron chi connectivity index (χ3n) is 5.92. The number of carbonyl (C=O) groups excluding carboxylic acids is 2. The summed E-state index contributed by atoms with van der Waals surface area (Å²) in [6.45, 7) is 0. The molecule has 0 spiro atoms. The van der Waals surface area contributed by atoms with Crippen LogP contribution in [0, 0.1) is 0 Å². The van der Waals surface area contributed by atoms with Crippen LogP contribution in [0.1, 0.15) is 15.9 Å². The predicted octanol–water partition coefficient (Wildman–Crippen LogP) is 2.17. The van der Waals surface area contributed by atoms with Crippen LogP contribution in [0.2, 0.25) is 0 Å². The van der Waals surface area contributed by atoms with Crippen molar-refractivity contribution in [2.24, 2.45) is 7.05 Å². The first-order valence-corrected chi connectivity index (χ1v) is 10.1. The van der Waals surface area contributed by atoms with Crippen molar-refractivity contribution < 1.29 is 14.7 Å². The summed E-state index contributed by atoms with van der Waals surface area (Å²) in [5.41, 5.74) is -0.389. The van der Waals surface area contributed by atoms with Crippen LogP contribution in [0.5, 0.6) is 5.75 Å². The number of likely N-dealkylation sites (N-methyl/N-ethyl adjacent to an activating group) is 1. The fourth-order valence-corrected chi connectivity index (χ4v) is 4.17. The molecule has 5 rings (SSSR count). The number of benzene rings is 2. The lowest BCUT2D eigenvalue weighted by molar-refractivity contribution is -0.114. The molecule has 0 bridgehead atoms. The molecule has 164 valence electrons. The highest BCUT2D eigenvalue weighted by Gasteiger charge is 2.33. The van der Waals surface area contributed by atoms with E-state index in [1.807, 2.05) is 0 Å². The summed E-state index contributed by atoms with van der Waals surface area (Å²) in [5.74, 6) is -1.43. The number of hydrogen-bond acceptors (Lipinski definition) is 5. The number of nitrogens with one attached hydrogen (secondary N) is 2. The molecule has 1 aliphatic heterocycles. The number of para-hydroxylation sites is 2. The molecule has 0 aliphatic carbocycles. The van der Waals surface area contributed by atoms with Gasteiger partial charge in [0.05, 0.1) is 28.0 Å². The number of ketones is 1. The van der Waals surface area contributed by atoms with Crippen LogP contribution in [-0.4, -0.2) is 38.6 Å². The summed E-state index contributed by atoms with van der Waals surface area (Å²) in [7, 11) is 3.09. The van der Waals surface area contributed by atoms with E-state index in [1.54, 1.807) is 55.6 Å². The molecule has 0 atom stereocenters. The van der Waals surface area contributed by atoms with Gasteiger partial charge in [0.15, 0.2) is 0 Å². The normalized spacial score (nSPS) is 14.8. The van der Waals surface area contributed by atoms with Crippen LogP contribution >= 0.6 is 0 Å². The highest BCUT2D eigenvalue weighted by Crippen LogP contribution is 2.34. The fourth-order valence-electron chi connectivity index (χ4n) is 4.17. The maximum absolute atomic E-state index is 13.1. The number of amides is 1. The van der Waals surface area contributed by atoms with Crippen molar-refractivity contribution in [3.63, 3.8) is 0 Å². The Bertz CT molecular complexity index is 1640. The quantitative estimate of drug-likeness (QED) is 0.324. The Balaban J connectivity index is 1.76. The highest BCUT2D eigenvalue weighted by molar-refractivity contribution is 6.36. The third kappa shape index (κ3) is 2.86. The van der Waals surface area contributed by atoms with Gasteiger partial charge in [-0.2, -0.15) is 0 Å². The van der Waals surface area contributed by atoms with Crippen LogP contribution in [0.4, 0.5) is 5.69 Å². The van der Waals surface area contributed by atoms with E-state index in [-0.39, 0.29) is 28.1 Å². The van der Waals surface area contributed by atoms with E-state index in [0.29, 0.717) is 22.2 Å². The van der Waals surface area contributed by atoms with Gasteiger partial charge in [-0.25, -0.2) is 0 Å². The lowest BCUT2D eigenvalue weighted by Crippen LogP contribution is -2.36. The second-order valence-electron chi connectivity index (χ2n) is 7.74. The molecule has 3 heterocycles. The van der Waals surface area contributed by atoms with Gasteiger partial charge >= 0.3 is 0 Å². The van der Waals surface area contributed by atoms with Crippen LogP contribution < -0.4 is 16.0 Å². The zero-order valence-electron chi connectivity index (χ0n) is 17.7. The third-order valence-corrected chi connectivity index (χ3v) is 5.92. The number of H-pyrrole nitrogens is 2. The molecule has 1 amide bonds. The molecule has 2 aromatic carbocycles. The number of anilines is 1. The first kappa shape index (κ1) is 20.3. The van der Waals surface area contributed by atoms with E-state index in [0.717, 1.165) is 6.08 Å². The maximum atomic E-state index is 13.1. The summed E-state index contributed by atoms with van der Waals surface area (Å²) in [5, 5.41) is 16.3. The van der Waals surface area contributed by atoms with Crippen molar-refractivity contribution in [3.05, 3.63) is 85.9 Å². The Hall–Kier alpha value is -4.66. The lowest BCUT2D eigenvalue weighted by Gasteiger charge is -2.26. The number of rotatable bonds is 2. The van der Waals surface area contributed by atoms with E-state index in [1.165, 1.54) is 16.5 Å². The molecular weight excluding hydrogens is 424 g/mol. The van der Waals surface area contributed by atoms with E-state index >= 15 is 0 Å². The molecule has 33 heavy (non-hydrogen) atoms. The van der Waals surface area contributed by atoms with E-state index < -0.39 is 22.8 Å². The van der Waals surface area contributed by atoms with Crippen molar-refractivity contribution in [3.8, 4) is 17.0 Å². The first-order chi connectivity index (χ1) is 15.8. The number of carbonyl (C=O) groups is 2. The predicted molar refractivity (Wildman–Crippen MR) is 123 cm³/mol. The Morgan fingerprint density at radius 1 is 0.909 bits per heavy atom. The SMILES string of the molecule is CN1C(=O)/C(=C/c2c(-c3c(O)c4ccccc4n(C)c3=O)[nH][nH]c2=O)C(=O)c2ccccc21. The van der Waals surface area contributed by atoms with Gasteiger partial charge in [0, 0.05) is 25.0 Å². The standard InChI is InChI=1S/C24H18N4O5/c1-27-16-9-5-3-7-12(16)20(29)15(23(27)32)11-14-19(25-26-22(14)31)18-21(30)13-8-4-6-10-17(13)28(2)24(18)33/h3-11,30H,1-2H3,(H2,25,26,31)/b15-11+. The molecule has 9 nitrogen and oxygen atoms in total. The Morgan fingerprint density at radius 2 is 1.61 bits per heavy atom. The summed E-state index contributed by atoms with van der Waals surface area (Å²) in [6, 6.07) is 13.5. The number of aromatic amines is 2. The highest BCUT2D eigenvalue weighted by atomic mass is 16.3. The number of hydrogen-bond donors (Lipinski definition) is 3. The van der Waals surface area contributed by atoms with E-state index in [4.69, 9.17) is 0 Å². The number of aromatic hydroxyl groups is 1. The van der Waals surface area contributed by atoms with Gasteiger partial charge in [-0.3, -0.25) is 29.4 Å². The molecule has 2 aromatic heterocycles. The number of aryl methyl sites for hydroxylation is 1. The van der Waals surface area contributed by atoms with Gasteiger partial charge < -0.3 is 14.6 Å². The van der Waals surface area contributed by atoms with Gasteiger partial charge in [0.2, 0.25) is 5.78 Å². The molecule has 9 heteroatoms. The molecular formula is C24H18N4O5. The molecule has 0 saturated carbocycles. The van der Waals surface area contributed by atoms with Gasteiger partial charge in [-0.15, -0.1) is 0 Å². The van der Waals surface area contributed by atoms with Gasteiger partial charge in [-0.05, 0) is 30.3 Å². The minimum atomic E-state index is -0.644. The zero-order valence-corrected chi connectivity index (χ0v) is 17.7. The van der Waals surface area contributed by atoms with Gasteiger partial charge in [-0.1, -0.05) is 24.3 Å². The summed E-state index contributed by atoms with van der Waals surface area (Å²) in [4.78, 5) is 53.1. The molecule has 4 aromatic rings. The molecule has 1 aliphatic rings. The maximum Gasteiger partial charge on any atom is 0.271 e. The van der Waals surface area contributed by atoms with Crippen molar-refractivity contribution in [2.45, 2.75) is 0 Å². The Labute approximate surface area is 186 Å². The summed E-state index contributed by atoms with van der Waals surface area (Å²) in [6.07, 6.45) is 1.16. The molecule has 0 fully saturated rings. The first-order valence-electron chi connectivity index (χ1n) is 10.1. The van der Waals surface area contributed by atoms with Crippen LogP contribution in [-0.2, 0) is 11.8 Å². The molecule has 0 unspecified atom stereocenters. The number of fused-ring (bicyclic) bond motifs is 2.